The highest BCUT2D eigenvalue weighted by atomic mass is 19.2. The lowest BCUT2D eigenvalue weighted by molar-refractivity contribution is 0.374. The van der Waals surface area contributed by atoms with Crippen LogP contribution in [0.25, 0.3) is 0 Å². The van der Waals surface area contributed by atoms with Crippen LogP contribution < -0.4 is 10.6 Å². The van der Waals surface area contributed by atoms with Crippen LogP contribution in [-0.4, -0.2) is 19.1 Å². The summed E-state index contributed by atoms with van der Waals surface area (Å²) in [6, 6.07) is -0.339. The van der Waals surface area contributed by atoms with Crippen molar-refractivity contribution < 1.29 is 22.0 Å². The second-order valence-electron chi connectivity index (χ2n) is 4.27. The number of hydrogen-bond acceptors (Lipinski definition) is 2. The number of piperidine rings is 1. The van der Waals surface area contributed by atoms with Crippen molar-refractivity contribution in [2.45, 2.75) is 18.9 Å². The Labute approximate surface area is 100 Å². The summed E-state index contributed by atoms with van der Waals surface area (Å²) in [5.41, 5.74) is 4.73. The Morgan fingerprint density at radius 2 is 1.39 bits per heavy atom. The van der Waals surface area contributed by atoms with Crippen molar-refractivity contribution in [3.63, 3.8) is 0 Å². The SMILES string of the molecule is N[C@@H]1CCCN(c2c(F)c(F)c(F)c(F)c2F)C1. The van der Waals surface area contributed by atoms with Crippen LogP contribution in [0.15, 0.2) is 0 Å². The van der Waals surface area contributed by atoms with E-state index in [-0.39, 0.29) is 19.1 Å². The third-order valence-corrected chi connectivity index (χ3v) is 2.96. The van der Waals surface area contributed by atoms with Crippen molar-refractivity contribution in [3.05, 3.63) is 29.1 Å². The molecule has 1 heterocycles. The first-order valence-electron chi connectivity index (χ1n) is 5.45. The highest BCUT2D eigenvalue weighted by Crippen LogP contribution is 2.31. The van der Waals surface area contributed by atoms with Crippen LogP contribution in [0, 0.1) is 29.1 Å². The zero-order valence-corrected chi connectivity index (χ0v) is 9.32. The molecule has 1 atom stereocenters. The van der Waals surface area contributed by atoms with Gasteiger partial charge in [0, 0.05) is 19.1 Å². The quantitative estimate of drug-likeness (QED) is 0.480. The van der Waals surface area contributed by atoms with Crippen LogP contribution in [0.1, 0.15) is 12.8 Å². The molecule has 7 heteroatoms. The molecule has 0 aromatic heterocycles. The van der Waals surface area contributed by atoms with Gasteiger partial charge in [0.1, 0.15) is 5.69 Å². The van der Waals surface area contributed by atoms with Gasteiger partial charge in [0.15, 0.2) is 23.3 Å². The number of benzene rings is 1. The maximum absolute atomic E-state index is 13.5. The molecule has 0 bridgehead atoms. The zero-order valence-electron chi connectivity index (χ0n) is 9.32. The third-order valence-electron chi connectivity index (χ3n) is 2.96. The van der Waals surface area contributed by atoms with Gasteiger partial charge in [-0.05, 0) is 12.8 Å². The van der Waals surface area contributed by atoms with E-state index in [4.69, 9.17) is 5.73 Å². The first-order valence-corrected chi connectivity index (χ1v) is 5.45. The first kappa shape index (κ1) is 13.1. The Kier molecular flexibility index (Phi) is 3.43. The van der Waals surface area contributed by atoms with Gasteiger partial charge in [-0.15, -0.1) is 0 Å². The average Bonchev–Trinajstić information content (AvgIpc) is 2.34. The molecule has 100 valence electrons. The maximum Gasteiger partial charge on any atom is 0.200 e. The van der Waals surface area contributed by atoms with Crippen LogP contribution in [0.4, 0.5) is 27.6 Å². The lowest BCUT2D eigenvalue weighted by Gasteiger charge is -2.33. The van der Waals surface area contributed by atoms with E-state index in [1.165, 1.54) is 0 Å². The summed E-state index contributed by atoms with van der Waals surface area (Å²) in [5.74, 6) is -9.61. The number of rotatable bonds is 1. The van der Waals surface area contributed by atoms with Crippen molar-refractivity contribution >= 4 is 5.69 Å². The fourth-order valence-corrected chi connectivity index (χ4v) is 2.08. The molecule has 0 aliphatic carbocycles. The molecule has 2 nitrogen and oxygen atoms in total. The Bertz CT molecular complexity index is 448. The second kappa shape index (κ2) is 4.72. The Morgan fingerprint density at radius 3 is 1.89 bits per heavy atom. The van der Waals surface area contributed by atoms with E-state index in [1.807, 2.05) is 0 Å². The van der Waals surface area contributed by atoms with Crippen molar-refractivity contribution in [2.75, 3.05) is 18.0 Å². The summed E-state index contributed by atoms with van der Waals surface area (Å²) >= 11 is 0. The molecule has 1 aliphatic heterocycles. The molecule has 0 radical (unpaired) electrons. The average molecular weight is 266 g/mol. The Morgan fingerprint density at radius 1 is 0.889 bits per heavy atom. The number of hydrogen-bond donors (Lipinski definition) is 1. The standard InChI is InChI=1S/C11H11F5N2/c12-6-7(13)9(15)11(10(16)8(6)14)18-3-1-2-5(17)4-18/h5H,1-4,17H2/t5-/m1/s1. The third kappa shape index (κ3) is 2.03. The van der Waals surface area contributed by atoms with Gasteiger partial charge in [-0.1, -0.05) is 0 Å². The van der Waals surface area contributed by atoms with E-state index < -0.39 is 34.8 Å². The highest BCUT2D eigenvalue weighted by Gasteiger charge is 2.30. The minimum absolute atomic E-state index is 0.0678. The maximum atomic E-state index is 13.5. The smallest absolute Gasteiger partial charge is 0.200 e. The van der Waals surface area contributed by atoms with Gasteiger partial charge < -0.3 is 10.6 Å². The fraction of sp³-hybridized carbons (Fsp3) is 0.455. The fourth-order valence-electron chi connectivity index (χ4n) is 2.08. The van der Waals surface area contributed by atoms with Crippen LogP contribution in [0.2, 0.25) is 0 Å². The molecule has 2 rings (SSSR count). The summed E-state index contributed by atoms with van der Waals surface area (Å²) in [5, 5.41) is 0. The lowest BCUT2D eigenvalue weighted by Crippen LogP contribution is -2.43. The number of anilines is 1. The van der Waals surface area contributed by atoms with Gasteiger partial charge in [-0.25, -0.2) is 22.0 Å². The van der Waals surface area contributed by atoms with Crippen molar-refractivity contribution in [1.82, 2.24) is 0 Å². The van der Waals surface area contributed by atoms with E-state index in [0.717, 1.165) is 4.90 Å². The van der Waals surface area contributed by atoms with Crippen LogP contribution >= 0.6 is 0 Å². The largest absolute Gasteiger partial charge is 0.365 e. The van der Waals surface area contributed by atoms with Crippen molar-refractivity contribution in [2.24, 2.45) is 5.73 Å². The number of halogens is 5. The van der Waals surface area contributed by atoms with Gasteiger partial charge in [-0.2, -0.15) is 0 Å². The van der Waals surface area contributed by atoms with Crippen LogP contribution in [0.5, 0.6) is 0 Å². The lowest BCUT2D eigenvalue weighted by atomic mass is 10.1. The molecule has 1 aliphatic rings. The van der Waals surface area contributed by atoms with E-state index in [9.17, 15) is 22.0 Å². The minimum atomic E-state index is -2.14. The number of nitrogens with two attached hydrogens (primary N) is 1. The van der Waals surface area contributed by atoms with Crippen molar-refractivity contribution in [3.8, 4) is 0 Å². The monoisotopic (exact) mass is 266 g/mol. The summed E-state index contributed by atoms with van der Waals surface area (Å²) in [4.78, 5) is 1.10. The van der Waals surface area contributed by atoms with Crippen LogP contribution in [-0.2, 0) is 0 Å². The highest BCUT2D eigenvalue weighted by molar-refractivity contribution is 5.51. The topological polar surface area (TPSA) is 29.3 Å². The molecule has 0 amide bonds. The van der Waals surface area contributed by atoms with Gasteiger partial charge >= 0.3 is 0 Å². The summed E-state index contributed by atoms with van der Waals surface area (Å²) in [7, 11) is 0. The van der Waals surface area contributed by atoms with Crippen LogP contribution in [0.3, 0.4) is 0 Å². The van der Waals surface area contributed by atoms with Gasteiger partial charge in [0.25, 0.3) is 0 Å². The van der Waals surface area contributed by atoms with E-state index in [1.54, 1.807) is 0 Å². The molecule has 1 saturated heterocycles. The molecule has 0 saturated carbocycles. The van der Waals surface area contributed by atoms with Gasteiger partial charge in [-0.3, -0.25) is 0 Å². The zero-order chi connectivity index (χ0) is 13.4. The van der Waals surface area contributed by atoms with Gasteiger partial charge in [0.2, 0.25) is 5.82 Å². The Hall–Kier alpha value is -1.37. The normalized spacial score (nSPS) is 20.3. The Balaban J connectivity index is 2.50. The molecule has 1 aromatic rings. The molecule has 1 fully saturated rings. The van der Waals surface area contributed by atoms with E-state index in [0.29, 0.717) is 12.8 Å². The van der Waals surface area contributed by atoms with E-state index >= 15 is 0 Å². The molecule has 0 spiro atoms. The molecular weight excluding hydrogens is 255 g/mol. The molecule has 0 unspecified atom stereocenters. The van der Waals surface area contributed by atoms with Gasteiger partial charge in [0.05, 0.1) is 0 Å². The molecule has 2 N–H and O–H groups in total. The first-order chi connectivity index (χ1) is 8.43. The molecular formula is C11H11F5N2. The summed E-state index contributed by atoms with van der Waals surface area (Å²) in [6.07, 6.45) is 1.20. The second-order valence-corrected chi connectivity index (χ2v) is 4.27. The summed E-state index contributed by atoms with van der Waals surface area (Å²) < 4.78 is 66.0. The molecule has 18 heavy (non-hydrogen) atoms. The predicted octanol–water partition coefficient (Wildman–Crippen LogP) is 2.31. The van der Waals surface area contributed by atoms with Crippen molar-refractivity contribution in [1.29, 1.82) is 0 Å². The summed E-state index contributed by atoms with van der Waals surface area (Å²) in [6.45, 7) is 0.282. The predicted molar refractivity (Wildman–Crippen MR) is 55.7 cm³/mol. The van der Waals surface area contributed by atoms with E-state index in [2.05, 4.69) is 0 Å². The molecule has 1 aromatic carbocycles. The number of nitrogens with zero attached hydrogens (tertiary/aromatic N) is 1. The minimum Gasteiger partial charge on any atom is -0.365 e.